The summed E-state index contributed by atoms with van der Waals surface area (Å²) in [5, 5.41) is 8.27. The van der Waals surface area contributed by atoms with Gasteiger partial charge >= 0.3 is 71.3 Å². The van der Waals surface area contributed by atoms with Crippen LogP contribution in [0.1, 0.15) is 6.42 Å². The molecule has 0 aromatic carbocycles. The molecule has 0 fully saturated rings. The van der Waals surface area contributed by atoms with Gasteiger partial charge in [-0.1, -0.05) is 0 Å². The molecule has 7 heteroatoms. The van der Waals surface area contributed by atoms with Crippen LogP contribution in [0, 0.1) is 0 Å². The van der Waals surface area contributed by atoms with Crippen LogP contribution in [0.15, 0.2) is 0 Å². The number of nitrogens with two attached hydrogens (primary N) is 1. The Morgan fingerprint density at radius 1 is 1.73 bits per heavy atom. The number of carboxylic acid groups (broad SMARTS) is 1. The van der Waals surface area contributed by atoms with E-state index >= 15 is 0 Å². The average molecular weight is 245 g/mol. The van der Waals surface area contributed by atoms with Gasteiger partial charge in [-0.05, 0) is 0 Å². The molecule has 0 aromatic heterocycles. The molecule has 0 rings (SSSR count). The molecule has 5 N–H and O–H groups in total. The van der Waals surface area contributed by atoms with E-state index in [2.05, 4.69) is 15.6 Å². The van der Waals surface area contributed by atoms with Gasteiger partial charge in [-0.25, -0.2) is 0 Å². The van der Waals surface area contributed by atoms with E-state index < -0.39 is 18.0 Å². The molecule has 0 saturated heterocycles. The van der Waals surface area contributed by atoms with Crippen molar-refractivity contribution >= 4 is 33.4 Å². The quantitative estimate of drug-likeness (QED) is 0.358. The second kappa shape index (κ2) is 4.26. The van der Waals surface area contributed by atoms with Crippen LogP contribution in [0.25, 0.3) is 0 Å². The van der Waals surface area contributed by atoms with Crippen molar-refractivity contribution in [2.75, 3.05) is 0 Å². The Labute approximate surface area is 71.8 Å². The summed E-state index contributed by atoms with van der Waals surface area (Å²) in [5.74, 6) is -0.0686. The second-order valence-corrected chi connectivity index (χ2v) is 6.88. The second-order valence-electron chi connectivity index (χ2n) is 1.95. The molecule has 5 nitrogen and oxygen atoms in total. The summed E-state index contributed by atoms with van der Waals surface area (Å²) in [6.07, 6.45) is -0.0525. The standard InChI is InChI=1S/C4H9NO4PSe/c5-3(4(6)7)1-2-10(8,9)11/h2-3,8-9H,1,5H2,(H,6,7)/t3-/m1/s1. The van der Waals surface area contributed by atoms with E-state index in [0.29, 0.717) is 0 Å². The van der Waals surface area contributed by atoms with Crippen LogP contribution in [0.4, 0.5) is 0 Å². The number of hydrogen-bond donors (Lipinski definition) is 4. The van der Waals surface area contributed by atoms with Crippen LogP contribution < -0.4 is 5.73 Å². The summed E-state index contributed by atoms with van der Waals surface area (Å²) in [7, 11) is 0. The van der Waals surface area contributed by atoms with E-state index in [9.17, 15) is 4.79 Å². The Morgan fingerprint density at radius 3 is 2.45 bits per heavy atom. The first-order chi connectivity index (χ1) is 4.83. The van der Waals surface area contributed by atoms with Gasteiger partial charge in [0.25, 0.3) is 0 Å². The molecule has 0 aliphatic rings. The fourth-order valence-corrected chi connectivity index (χ4v) is 1.40. The molecule has 0 amide bonds. The van der Waals surface area contributed by atoms with Crippen LogP contribution in [0.3, 0.4) is 0 Å². The minimum atomic E-state index is -3.10. The summed E-state index contributed by atoms with van der Waals surface area (Å²) in [6.45, 7) is 0. The first-order valence-corrected chi connectivity index (χ1v) is 6.69. The topological polar surface area (TPSA) is 104 Å². The molecular formula is C4H9NO4PSe. The van der Waals surface area contributed by atoms with Gasteiger partial charge in [0.1, 0.15) is 0 Å². The molecule has 0 aliphatic carbocycles. The zero-order valence-corrected chi connectivity index (χ0v) is 8.15. The normalized spacial score (nSPS) is 14.2. The van der Waals surface area contributed by atoms with Crippen molar-refractivity contribution in [3.05, 3.63) is 0 Å². The van der Waals surface area contributed by atoms with Crippen LogP contribution in [0.2, 0.25) is 0 Å². The zero-order chi connectivity index (χ0) is 9.07. The predicted molar refractivity (Wildman–Crippen MR) is 43.4 cm³/mol. The number of carboxylic acids is 1. The van der Waals surface area contributed by atoms with Gasteiger partial charge in [-0.3, -0.25) is 0 Å². The molecule has 0 spiro atoms. The number of carbonyl (C=O) groups is 1. The summed E-state index contributed by atoms with van der Waals surface area (Å²) in [5.41, 5.74) is 5.07. The van der Waals surface area contributed by atoms with E-state index in [1.165, 1.54) is 0 Å². The van der Waals surface area contributed by atoms with Crippen LogP contribution in [-0.2, 0) is 4.79 Å². The maximum absolute atomic E-state index is 10.1. The third kappa shape index (κ3) is 6.56. The molecule has 1 radical (unpaired) electrons. The first-order valence-electron chi connectivity index (χ1n) is 2.71. The number of rotatable bonds is 3. The zero-order valence-electron chi connectivity index (χ0n) is 5.54. The molecular weight excluding hydrogens is 236 g/mol. The molecule has 65 valence electrons. The average Bonchev–Trinajstić information content (AvgIpc) is 1.80. The monoisotopic (exact) mass is 246 g/mol. The molecule has 0 bridgehead atoms. The van der Waals surface area contributed by atoms with Gasteiger partial charge in [-0.2, -0.15) is 0 Å². The fourth-order valence-electron chi connectivity index (χ4n) is 0.352. The van der Waals surface area contributed by atoms with Crippen molar-refractivity contribution in [3.63, 3.8) is 0 Å². The van der Waals surface area contributed by atoms with Gasteiger partial charge < -0.3 is 0 Å². The molecule has 0 heterocycles. The van der Waals surface area contributed by atoms with E-state index in [4.69, 9.17) is 20.6 Å². The Kier molecular flexibility index (Phi) is 4.32. The van der Waals surface area contributed by atoms with Gasteiger partial charge in [0.05, 0.1) is 0 Å². The van der Waals surface area contributed by atoms with Crippen LogP contribution >= 0.6 is 6.03 Å². The predicted octanol–water partition coefficient (Wildman–Crippen LogP) is -1.49. The fraction of sp³-hybridized carbons (Fsp3) is 0.500. The maximum atomic E-state index is 10.1. The van der Waals surface area contributed by atoms with E-state index in [1.807, 2.05) is 0 Å². The molecule has 0 saturated carbocycles. The third-order valence-corrected chi connectivity index (χ3v) is 2.54. The van der Waals surface area contributed by atoms with Gasteiger partial charge in [0.2, 0.25) is 0 Å². The van der Waals surface area contributed by atoms with E-state index in [1.54, 1.807) is 0 Å². The van der Waals surface area contributed by atoms with Gasteiger partial charge in [-0.15, -0.1) is 0 Å². The SMILES string of the molecule is N[C@H](CC=P(O)(O)[Se])C(=O)O. The van der Waals surface area contributed by atoms with Crippen molar-refractivity contribution in [1.29, 1.82) is 0 Å². The summed E-state index contributed by atoms with van der Waals surface area (Å²) in [6, 6.07) is -4.17. The van der Waals surface area contributed by atoms with Crippen LogP contribution in [0.5, 0.6) is 0 Å². The number of aliphatic carboxylic acids is 1. The Balaban J connectivity index is 3.99. The van der Waals surface area contributed by atoms with Crippen molar-refractivity contribution in [3.8, 4) is 0 Å². The number of hydrogen-bond acceptors (Lipinski definition) is 4. The summed E-state index contributed by atoms with van der Waals surface area (Å²) in [4.78, 5) is 27.6. The van der Waals surface area contributed by atoms with Crippen molar-refractivity contribution in [1.82, 2.24) is 0 Å². The van der Waals surface area contributed by atoms with Gasteiger partial charge in [0.15, 0.2) is 0 Å². The minimum absolute atomic E-state index is 0.0525. The molecule has 1 atom stereocenters. The third-order valence-electron chi connectivity index (χ3n) is 0.914. The van der Waals surface area contributed by atoms with Crippen molar-refractivity contribution in [2.45, 2.75) is 12.5 Å². The van der Waals surface area contributed by atoms with E-state index in [0.717, 1.165) is 5.80 Å². The van der Waals surface area contributed by atoms with Crippen molar-refractivity contribution < 1.29 is 19.7 Å². The Morgan fingerprint density at radius 2 is 2.18 bits per heavy atom. The van der Waals surface area contributed by atoms with E-state index in [-0.39, 0.29) is 6.42 Å². The molecule has 0 aromatic rings. The Bertz CT molecular complexity index is 192. The van der Waals surface area contributed by atoms with Gasteiger partial charge in [0, 0.05) is 0 Å². The van der Waals surface area contributed by atoms with Crippen LogP contribution in [-0.4, -0.2) is 48.3 Å². The Hall–Kier alpha value is 0.169. The molecule has 0 unspecified atom stereocenters. The summed E-state index contributed by atoms with van der Waals surface area (Å²) < 4.78 is 0. The first kappa shape index (κ1) is 11.2. The van der Waals surface area contributed by atoms with Crippen molar-refractivity contribution in [2.24, 2.45) is 5.73 Å². The molecule has 11 heavy (non-hydrogen) atoms. The summed E-state index contributed by atoms with van der Waals surface area (Å²) >= 11 is 2.13. The molecule has 0 aliphatic heterocycles.